The van der Waals surface area contributed by atoms with Gasteiger partial charge in [-0.1, -0.05) is 29.3 Å². The molecule has 0 aliphatic carbocycles. The second-order valence-electron chi connectivity index (χ2n) is 6.85. The van der Waals surface area contributed by atoms with Gasteiger partial charge in [-0.25, -0.2) is 13.6 Å². The smallest absolute Gasteiger partial charge is 0.439 e. The van der Waals surface area contributed by atoms with Crippen LogP contribution in [0.4, 0.5) is 14.5 Å². The lowest BCUT2D eigenvalue weighted by Crippen LogP contribution is -2.19. The van der Waals surface area contributed by atoms with Crippen molar-refractivity contribution in [3.63, 3.8) is 0 Å². The van der Waals surface area contributed by atoms with Gasteiger partial charge < -0.3 is 14.6 Å². The van der Waals surface area contributed by atoms with Gasteiger partial charge in [0.15, 0.2) is 17.4 Å². The van der Waals surface area contributed by atoms with Crippen molar-refractivity contribution in [2.45, 2.75) is 6.54 Å². The molecule has 174 valence electrons. The molecule has 0 aliphatic rings. The first kappa shape index (κ1) is 23.2. The van der Waals surface area contributed by atoms with Gasteiger partial charge in [0.05, 0.1) is 22.8 Å². The zero-order valence-electron chi connectivity index (χ0n) is 16.8. The number of rotatable bonds is 6. The molecule has 0 spiro atoms. The van der Waals surface area contributed by atoms with Gasteiger partial charge >= 0.3 is 5.76 Å². The monoisotopic (exact) mass is 508 g/mol. The Balaban J connectivity index is 1.54. The van der Waals surface area contributed by atoms with Crippen LogP contribution in [0.2, 0.25) is 10.0 Å². The fourth-order valence-electron chi connectivity index (χ4n) is 2.89. The van der Waals surface area contributed by atoms with Gasteiger partial charge in [0, 0.05) is 11.8 Å². The van der Waals surface area contributed by atoms with Crippen LogP contribution in [0.3, 0.4) is 0 Å². The van der Waals surface area contributed by atoms with Gasteiger partial charge in [0.1, 0.15) is 5.75 Å². The highest BCUT2D eigenvalue weighted by Crippen LogP contribution is 2.38. The molecule has 0 saturated heterocycles. The normalized spacial score (nSPS) is 10.8. The molecule has 4 rings (SSSR count). The first-order chi connectivity index (χ1) is 16.2. The maximum Gasteiger partial charge on any atom is 0.439 e. The van der Waals surface area contributed by atoms with Crippen LogP contribution in [0.5, 0.6) is 11.5 Å². The third-order valence-corrected chi connectivity index (χ3v) is 4.99. The molecule has 0 aliphatic heterocycles. The summed E-state index contributed by atoms with van der Waals surface area (Å²) in [4.78, 5) is 37.4. The summed E-state index contributed by atoms with van der Waals surface area (Å²) < 4.78 is 37.9. The van der Waals surface area contributed by atoms with Gasteiger partial charge in [-0.15, -0.1) is 0 Å². The molecule has 0 radical (unpaired) electrons. The van der Waals surface area contributed by atoms with E-state index in [2.05, 4.69) is 20.0 Å². The third-order valence-electron chi connectivity index (χ3n) is 4.42. The van der Waals surface area contributed by atoms with Crippen LogP contribution in [0.25, 0.3) is 0 Å². The Morgan fingerprint density at radius 2 is 1.82 bits per heavy atom. The molecule has 0 saturated carbocycles. The SMILES string of the molecule is O=C(Nc1cc(Cl)c(Oc2ccc(=O)n(Cc3ccc(F)c(F)c3)c2)c(Cl)c1)c1noc(=O)[nH]1. The van der Waals surface area contributed by atoms with Crippen molar-refractivity contribution in [2.24, 2.45) is 0 Å². The fourth-order valence-corrected chi connectivity index (χ4v) is 3.46. The Bertz CT molecular complexity index is 1490. The van der Waals surface area contributed by atoms with Crippen molar-refractivity contribution < 1.29 is 22.8 Å². The van der Waals surface area contributed by atoms with Gasteiger partial charge in [-0.2, -0.15) is 0 Å². The van der Waals surface area contributed by atoms with E-state index in [9.17, 15) is 23.2 Å². The van der Waals surface area contributed by atoms with Crippen LogP contribution in [0.1, 0.15) is 16.2 Å². The third kappa shape index (κ3) is 5.16. The van der Waals surface area contributed by atoms with Gasteiger partial charge in [-0.05, 0) is 41.1 Å². The van der Waals surface area contributed by atoms with E-state index < -0.39 is 28.9 Å². The standard InChI is InChI=1S/C21H12Cl2F2N4O5/c22-13-6-11(26-20(31)19-27-21(32)34-28-19)7-14(23)18(13)33-12-2-4-17(30)29(9-12)8-10-1-3-15(24)16(25)5-10/h1-7,9H,8H2,(H,26,31)(H,27,28,32). The molecule has 2 N–H and O–H groups in total. The first-order valence-corrected chi connectivity index (χ1v) is 10.1. The Hall–Kier alpha value is -3.96. The topological polar surface area (TPSA) is 119 Å². The molecule has 34 heavy (non-hydrogen) atoms. The van der Waals surface area contributed by atoms with Crippen LogP contribution >= 0.6 is 23.2 Å². The second kappa shape index (κ2) is 9.49. The molecule has 1 amide bonds. The average molecular weight is 509 g/mol. The Morgan fingerprint density at radius 1 is 1.09 bits per heavy atom. The van der Waals surface area contributed by atoms with Crippen molar-refractivity contribution >= 4 is 34.8 Å². The summed E-state index contributed by atoms with van der Waals surface area (Å²) >= 11 is 12.5. The highest BCUT2D eigenvalue weighted by Gasteiger charge is 2.16. The van der Waals surface area contributed by atoms with E-state index in [1.165, 1.54) is 41.1 Å². The Labute approximate surface area is 198 Å². The lowest BCUT2D eigenvalue weighted by atomic mass is 10.2. The lowest BCUT2D eigenvalue weighted by Gasteiger charge is -2.13. The van der Waals surface area contributed by atoms with Crippen molar-refractivity contribution in [1.82, 2.24) is 14.7 Å². The number of pyridine rings is 1. The number of hydrogen-bond donors (Lipinski definition) is 2. The van der Waals surface area contributed by atoms with Crippen molar-refractivity contribution in [3.8, 4) is 11.5 Å². The molecule has 2 heterocycles. The zero-order chi connectivity index (χ0) is 24.4. The summed E-state index contributed by atoms with van der Waals surface area (Å²) in [5, 5.41) is 5.76. The molecule has 0 bridgehead atoms. The van der Waals surface area contributed by atoms with Crippen LogP contribution in [0, 0.1) is 11.6 Å². The number of amides is 1. The summed E-state index contributed by atoms with van der Waals surface area (Å²) in [6, 6.07) is 8.61. The van der Waals surface area contributed by atoms with Crippen molar-refractivity contribution in [1.29, 1.82) is 0 Å². The van der Waals surface area contributed by atoms with E-state index in [1.807, 2.05) is 0 Å². The van der Waals surface area contributed by atoms with E-state index in [1.54, 1.807) is 0 Å². The minimum Gasteiger partial charge on any atom is -0.453 e. The Morgan fingerprint density at radius 3 is 2.47 bits per heavy atom. The quantitative estimate of drug-likeness (QED) is 0.402. The number of halogens is 4. The van der Waals surface area contributed by atoms with E-state index in [4.69, 9.17) is 27.9 Å². The van der Waals surface area contributed by atoms with Gasteiger partial charge in [0.2, 0.25) is 5.82 Å². The number of nitrogens with zero attached hydrogens (tertiary/aromatic N) is 2. The van der Waals surface area contributed by atoms with E-state index in [-0.39, 0.29) is 39.6 Å². The largest absolute Gasteiger partial charge is 0.453 e. The number of aromatic amines is 1. The van der Waals surface area contributed by atoms with E-state index >= 15 is 0 Å². The number of nitrogens with one attached hydrogen (secondary N) is 2. The number of H-pyrrole nitrogens is 1. The van der Waals surface area contributed by atoms with Crippen LogP contribution < -0.4 is 21.4 Å². The van der Waals surface area contributed by atoms with E-state index in [0.717, 1.165) is 12.1 Å². The van der Waals surface area contributed by atoms with Crippen LogP contribution in [0.15, 0.2) is 62.8 Å². The van der Waals surface area contributed by atoms with Gasteiger partial charge in [0.25, 0.3) is 11.5 Å². The molecule has 0 unspecified atom stereocenters. The maximum absolute atomic E-state index is 13.5. The number of hydrogen-bond acceptors (Lipinski definition) is 6. The summed E-state index contributed by atoms with van der Waals surface area (Å²) in [5.74, 6) is -3.81. The number of carbonyl (C=O) groups excluding carboxylic acids is 1. The number of aromatic nitrogens is 3. The molecule has 0 fully saturated rings. The molecule has 9 nitrogen and oxygen atoms in total. The first-order valence-electron chi connectivity index (χ1n) is 9.38. The molecule has 13 heteroatoms. The van der Waals surface area contributed by atoms with Crippen LogP contribution in [-0.4, -0.2) is 20.6 Å². The number of benzene rings is 2. The Kier molecular flexibility index (Phi) is 6.48. The molecular weight excluding hydrogens is 497 g/mol. The minimum absolute atomic E-state index is 0.0230. The van der Waals surface area contributed by atoms with Crippen molar-refractivity contribution in [2.75, 3.05) is 5.32 Å². The molecular formula is C21H12Cl2F2N4O5. The highest BCUT2D eigenvalue weighted by molar-refractivity contribution is 6.37. The number of carbonyl (C=O) groups is 1. The minimum atomic E-state index is -1.03. The van der Waals surface area contributed by atoms with Crippen LogP contribution in [-0.2, 0) is 6.54 Å². The summed E-state index contributed by atoms with van der Waals surface area (Å²) in [5.41, 5.74) is 0.139. The maximum atomic E-state index is 13.5. The predicted octanol–water partition coefficient (Wildman–Crippen LogP) is 4.20. The predicted molar refractivity (Wildman–Crippen MR) is 118 cm³/mol. The fraction of sp³-hybridized carbons (Fsp3) is 0.0476. The number of anilines is 1. The molecule has 0 atom stereocenters. The summed E-state index contributed by atoms with van der Waals surface area (Å²) in [7, 11) is 0. The molecule has 2 aromatic carbocycles. The highest BCUT2D eigenvalue weighted by atomic mass is 35.5. The van der Waals surface area contributed by atoms with Gasteiger partial charge in [-0.3, -0.25) is 19.1 Å². The average Bonchev–Trinajstić information content (AvgIpc) is 3.22. The molecule has 2 aromatic heterocycles. The van der Waals surface area contributed by atoms with Crippen molar-refractivity contribution in [3.05, 3.63) is 103 Å². The molecule has 4 aromatic rings. The lowest BCUT2D eigenvalue weighted by molar-refractivity contribution is 0.101. The summed E-state index contributed by atoms with van der Waals surface area (Å²) in [6.07, 6.45) is 1.35. The summed E-state index contributed by atoms with van der Waals surface area (Å²) in [6.45, 7) is -0.0379. The second-order valence-corrected chi connectivity index (χ2v) is 7.66. The van der Waals surface area contributed by atoms with E-state index in [0.29, 0.717) is 5.56 Å². The number of ether oxygens (including phenoxy) is 1. The zero-order valence-corrected chi connectivity index (χ0v) is 18.3.